The third-order valence-corrected chi connectivity index (χ3v) is 4.52. The van der Waals surface area contributed by atoms with Crippen molar-refractivity contribution in [2.24, 2.45) is 0 Å². The number of hydrogen-bond acceptors (Lipinski definition) is 4. The highest BCUT2D eigenvalue weighted by molar-refractivity contribution is 5.94. The first-order valence-electron chi connectivity index (χ1n) is 7.54. The molecule has 1 heterocycles. The lowest BCUT2D eigenvalue weighted by molar-refractivity contribution is 0.0552. The summed E-state index contributed by atoms with van der Waals surface area (Å²) in [7, 11) is 3.87. The quantitative estimate of drug-likeness (QED) is 0.797. The first-order valence-corrected chi connectivity index (χ1v) is 7.54. The van der Waals surface area contributed by atoms with Gasteiger partial charge in [-0.25, -0.2) is 0 Å². The van der Waals surface area contributed by atoms with Gasteiger partial charge in [-0.05, 0) is 46.0 Å². The topological polar surface area (TPSA) is 32.8 Å². The van der Waals surface area contributed by atoms with E-state index >= 15 is 0 Å². The van der Waals surface area contributed by atoms with E-state index in [2.05, 4.69) is 30.7 Å². The van der Waals surface area contributed by atoms with Crippen molar-refractivity contribution in [3.63, 3.8) is 0 Å². The van der Waals surface area contributed by atoms with E-state index in [4.69, 9.17) is 4.74 Å². The molecule has 1 aromatic rings. The number of rotatable bonds is 4. The first kappa shape index (κ1) is 16.0. The van der Waals surface area contributed by atoms with Gasteiger partial charge in [-0.1, -0.05) is 0 Å². The molecule has 2 rings (SSSR count). The molecule has 4 heteroatoms. The number of carbonyl (C=O) groups excluding carboxylic acids is 1. The molecule has 0 aliphatic carbocycles. The minimum absolute atomic E-state index is 0.0963. The molecule has 0 N–H and O–H groups in total. The minimum Gasteiger partial charge on any atom is -0.496 e. The monoisotopic (exact) mass is 290 g/mol. The van der Waals surface area contributed by atoms with E-state index < -0.39 is 0 Å². The van der Waals surface area contributed by atoms with E-state index in [1.807, 2.05) is 18.2 Å². The largest absolute Gasteiger partial charge is 0.496 e. The van der Waals surface area contributed by atoms with Crippen molar-refractivity contribution >= 4 is 5.78 Å². The van der Waals surface area contributed by atoms with Crippen LogP contribution in [0.25, 0.3) is 0 Å². The van der Waals surface area contributed by atoms with Gasteiger partial charge in [-0.15, -0.1) is 0 Å². The molecule has 0 saturated carbocycles. The van der Waals surface area contributed by atoms with Crippen molar-refractivity contribution < 1.29 is 9.53 Å². The predicted molar refractivity (Wildman–Crippen MR) is 85.0 cm³/mol. The Morgan fingerprint density at radius 1 is 1.29 bits per heavy atom. The molecular formula is C17H26N2O2. The highest BCUT2D eigenvalue weighted by atomic mass is 16.5. The van der Waals surface area contributed by atoms with E-state index in [9.17, 15) is 4.79 Å². The molecule has 1 fully saturated rings. The van der Waals surface area contributed by atoms with Crippen LogP contribution in [0, 0.1) is 0 Å². The zero-order valence-corrected chi connectivity index (χ0v) is 13.7. The number of carbonyl (C=O) groups is 1. The number of ketones is 1. The Morgan fingerprint density at radius 2 is 1.90 bits per heavy atom. The van der Waals surface area contributed by atoms with Crippen LogP contribution in [-0.2, 0) is 6.54 Å². The van der Waals surface area contributed by atoms with Crippen molar-refractivity contribution in [1.29, 1.82) is 0 Å². The molecule has 4 nitrogen and oxygen atoms in total. The van der Waals surface area contributed by atoms with Crippen molar-refractivity contribution in [3.8, 4) is 5.75 Å². The van der Waals surface area contributed by atoms with Gasteiger partial charge >= 0.3 is 0 Å². The fraction of sp³-hybridized carbons (Fsp3) is 0.588. The average molecular weight is 290 g/mol. The summed E-state index contributed by atoms with van der Waals surface area (Å²) in [5.74, 6) is 0.957. The Labute approximate surface area is 127 Å². The molecule has 0 radical (unpaired) electrons. The maximum Gasteiger partial charge on any atom is 0.159 e. The van der Waals surface area contributed by atoms with Crippen LogP contribution in [0.1, 0.15) is 36.7 Å². The molecule has 0 bridgehead atoms. The van der Waals surface area contributed by atoms with Crippen molar-refractivity contribution in [2.45, 2.75) is 39.4 Å². The van der Waals surface area contributed by atoms with Crippen LogP contribution < -0.4 is 4.74 Å². The lowest BCUT2D eigenvalue weighted by Gasteiger charge is -2.42. The second kappa shape index (κ2) is 6.58. The van der Waals surface area contributed by atoms with E-state index in [0.717, 1.165) is 36.5 Å². The molecule has 0 amide bonds. The first-order chi connectivity index (χ1) is 9.92. The second-order valence-electron chi connectivity index (χ2n) is 6.14. The lowest BCUT2D eigenvalue weighted by Crippen LogP contribution is -2.54. The summed E-state index contributed by atoms with van der Waals surface area (Å²) in [6, 6.07) is 6.77. The molecule has 116 valence electrons. The molecule has 1 saturated heterocycles. The fourth-order valence-corrected chi connectivity index (χ4v) is 3.01. The van der Waals surface area contributed by atoms with Crippen LogP contribution in [0.3, 0.4) is 0 Å². The van der Waals surface area contributed by atoms with Crippen LogP contribution >= 0.6 is 0 Å². The Balaban J connectivity index is 2.18. The summed E-state index contributed by atoms with van der Waals surface area (Å²) in [5, 5.41) is 0. The van der Waals surface area contributed by atoms with Gasteiger partial charge in [0.25, 0.3) is 0 Å². The summed E-state index contributed by atoms with van der Waals surface area (Å²) < 4.78 is 5.45. The van der Waals surface area contributed by atoms with Crippen molar-refractivity contribution in [1.82, 2.24) is 9.80 Å². The minimum atomic E-state index is 0.0963. The number of piperazine rings is 1. The van der Waals surface area contributed by atoms with Crippen LogP contribution in [0.15, 0.2) is 18.2 Å². The smallest absolute Gasteiger partial charge is 0.159 e. The van der Waals surface area contributed by atoms with E-state index in [1.54, 1.807) is 14.0 Å². The van der Waals surface area contributed by atoms with Gasteiger partial charge in [0.2, 0.25) is 0 Å². The number of Topliss-reactive ketones (excluding diaryl/α,β-unsaturated/α-hetero) is 1. The number of likely N-dealkylation sites (N-methyl/N-ethyl adjacent to an activating group) is 1. The van der Waals surface area contributed by atoms with E-state index in [-0.39, 0.29) is 5.78 Å². The molecule has 0 spiro atoms. The second-order valence-corrected chi connectivity index (χ2v) is 6.14. The molecule has 1 aliphatic heterocycles. The zero-order valence-electron chi connectivity index (χ0n) is 13.7. The number of nitrogens with zero attached hydrogens (tertiary/aromatic N) is 2. The summed E-state index contributed by atoms with van der Waals surface area (Å²) in [5.41, 5.74) is 1.84. The van der Waals surface area contributed by atoms with Gasteiger partial charge in [-0.3, -0.25) is 14.6 Å². The van der Waals surface area contributed by atoms with Gasteiger partial charge in [0.15, 0.2) is 5.78 Å². The standard InChI is InChI=1S/C17H26N2O2/c1-12-9-19(10-13(2)18(12)4)11-16-8-15(14(3)20)6-7-17(16)21-5/h6-8,12-13H,9-11H2,1-5H3. The fourth-order valence-electron chi connectivity index (χ4n) is 3.01. The molecule has 21 heavy (non-hydrogen) atoms. The number of hydrogen-bond donors (Lipinski definition) is 0. The molecule has 0 aromatic heterocycles. The van der Waals surface area contributed by atoms with Crippen LogP contribution in [0.5, 0.6) is 5.75 Å². The van der Waals surface area contributed by atoms with Gasteiger partial charge < -0.3 is 4.74 Å². The van der Waals surface area contributed by atoms with Gasteiger partial charge in [-0.2, -0.15) is 0 Å². The maximum absolute atomic E-state index is 11.6. The maximum atomic E-state index is 11.6. The van der Waals surface area contributed by atoms with Crippen LogP contribution in [0.2, 0.25) is 0 Å². The van der Waals surface area contributed by atoms with Gasteiger partial charge in [0, 0.05) is 42.8 Å². The predicted octanol–water partition coefficient (Wildman–Crippen LogP) is 2.42. The zero-order chi connectivity index (χ0) is 15.6. The van der Waals surface area contributed by atoms with E-state index in [1.165, 1.54) is 0 Å². The Morgan fingerprint density at radius 3 is 2.43 bits per heavy atom. The van der Waals surface area contributed by atoms with Gasteiger partial charge in [0.05, 0.1) is 7.11 Å². The number of methoxy groups -OCH3 is 1. The van der Waals surface area contributed by atoms with Crippen LogP contribution in [-0.4, -0.2) is 54.9 Å². The van der Waals surface area contributed by atoms with Crippen molar-refractivity contribution in [3.05, 3.63) is 29.3 Å². The lowest BCUT2D eigenvalue weighted by atomic mass is 10.0. The highest BCUT2D eigenvalue weighted by Crippen LogP contribution is 2.24. The summed E-state index contributed by atoms with van der Waals surface area (Å²) >= 11 is 0. The molecule has 2 atom stereocenters. The van der Waals surface area contributed by atoms with Crippen molar-refractivity contribution in [2.75, 3.05) is 27.2 Å². The molecular weight excluding hydrogens is 264 g/mol. The normalized spacial score (nSPS) is 24.0. The number of benzene rings is 1. The Bertz CT molecular complexity index is 504. The molecule has 2 unspecified atom stereocenters. The van der Waals surface area contributed by atoms with Gasteiger partial charge in [0.1, 0.15) is 5.75 Å². The summed E-state index contributed by atoms with van der Waals surface area (Å²) in [6.45, 7) is 9.01. The third kappa shape index (κ3) is 3.63. The average Bonchev–Trinajstić information content (AvgIpc) is 2.44. The SMILES string of the molecule is COc1ccc(C(C)=O)cc1CN1CC(C)N(C)C(C)C1. The Kier molecular flexibility index (Phi) is 5.01. The highest BCUT2D eigenvalue weighted by Gasteiger charge is 2.26. The molecule has 1 aromatic carbocycles. The van der Waals surface area contributed by atoms with E-state index in [0.29, 0.717) is 12.1 Å². The summed E-state index contributed by atoms with van der Waals surface area (Å²) in [6.07, 6.45) is 0. The number of ether oxygens (including phenoxy) is 1. The Hall–Kier alpha value is -1.39. The van der Waals surface area contributed by atoms with Crippen LogP contribution in [0.4, 0.5) is 0 Å². The third-order valence-electron chi connectivity index (χ3n) is 4.52. The summed E-state index contributed by atoms with van der Waals surface area (Å²) in [4.78, 5) is 16.4. The molecule has 1 aliphatic rings.